The van der Waals surface area contributed by atoms with E-state index >= 15 is 0 Å². The van der Waals surface area contributed by atoms with Crippen molar-refractivity contribution >= 4 is 12.0 Å². The Hall–Kier alpha value is -1.34. The van der Waals surface area contributed by atoms with Gasteiger partial charge in [0, 0.05) is 19.8 Å². The Morgan fingerprint density at radius 2 is 2.11 bits per heavy atom. The fourth-order valence-electron chi connectivity index (χ4n) is 1.86. The summed E-state index contributed by atoms with van der Waals surface area (Å²) in [7, 11) is 0. The summed E-state index contributed by atoms with van der Waals surface area (Å²) in [5, 5.41) is 11.3. The van der Waals surface area contributed by atoms with Crippen molar-refractivity contribution in [3.05, 3.63) is 0 Å². The molecule has 0 spiro atoms. The Bertz CT molecular complexity index is 315. The lowest BCUT2D eigenvalue weighted by Gasteiger charge is -2.46. The van der Waals surface area contributed by atoms with Crippen LogP contribution in [0, 0.1) is 0 Å². The maximum Gasteiger partial charge on any atom is 0.329 e. The van der Waals surface area contributed by atoms with Crippen molar-refractivity contribution in [2.45, 2.75) is 25.9 Å². The van der Waals surface area contributed by atoms with Crippen molar-refractivity contribution < 1.29 is 24.2 Å². The first-order chi connectivity index (χ1) is 8.97. The number of hydrogen-bond donors (Lipinski definition) is 2. The monoisotopic (exact) mass is 274 g/mol. The van der Waals surface area contributed by atoms with Crippen LogP contribution in [0.5, 0.6) is 0 Å². The standard InChI is InChI=1S/C12H22N2O5/c1-3-18-6-4-5-13-11(17)14-8-12(2,9-14)19-7-10(15)16/h3-9H2,1-2H3,(H,13,17)(H,15,16). The van der Waals surface area contributed by atoms with Crippen LogP contribution in [0.3, 0.4) is 0 Å². The van der Waals surface area contributed by atoms with Gasteiger partial charge in [0.2, 0.25) is 0 Å². The molecule has 0 radical (unpaired) electrons. The highest BCUT2D eigenvalue weighted by Crippen LogP contribution is 2.24. The van der Waals surface area contributed by atoms with Crippen molar-refractivity contribution in [1.82, 2.24) is 10.2 Å². The largest absolute Gasteiger partial charge is 0.480 e. The molecule has 1 aliphatic heterocycles. The predicted octanol–water partition coefficient (Wildman–Crippen LogP) is 0.298. The molecule has 0 aromatic carbocycles. The second-order valence-electron chi connectivity index (χ2n) is 4.77. The Kier molecular flexibility index (Phi) is 6.04. The first-order valence-corrected chi connectivity index (χ1v) is 6.43. The molecule has 2 amide bonds. The molecule has 0 saturated carbocycles. The molecule has 0 unspecified atom stereocenters. The number of amides is 2. The second-order valence-corrected chi connectivity index (χ2v) is 4.77. The Labute approximate surface area is 112 Å². The van der Waals surface area contributed by atoms with E-state index in [2.05, 4.69) is 5.32 Å². The van der Waals surface area contributed by atoms with Gasteiger partial charge >= 0.3 is 12.0 Å². The fraction of sp³-hybridized carbons (Fsp3) is 0.833. The number of nitrogens with one attached hydrogen (secondary N) is 1. The number of nitrogens with zero attached hydrogens (tertiary/aromatic N) is 1. The van der Waals surface area contributed by atoms with Crippen LogP contribution in [0.25, 0.3) is 0 Å². The molecular formula is C12H22N2O5. The quantitative estimate of drug-likeness (QED) is 0.621. The van der Waals surface area contributed by atoms with Crippen LogP contribution in [-0.4, -0.2) is 67.1 Å². The Morgan fingerprint density at radius 1 is 1.42 bits per heavy atom. The maximum absolute atomic E-state index is 11.7. The molecule has 1 aliphatic rings. The first-order valence-electron chi connectivity index (χ1n) is 6.43. The van der Waals surface area contributed by atoms with Crippen molar-refractivity contribution in [3.63, 3.8) is 0 Å². The number of carbonyl (C=O) groups is 2. The maximum atomic E-state index is 11.7. The van der Waals surface area contributed by atoms with Gasteiger partial charge in [0.15, 0.2) is 0 Å². The lowest BCUT2D eigenvalue weighted by Crippen LogP contribution is -2.65. The Morgan fingerprint density at radius 3 is 2.68 bits per heavy atom. The van der Waals surface area contributed by atoms with Gasteiger partial charge in [0.05, 0.1) is 13.1 Å². The molecule has 110 valence electrons. The summed E-state index contributed by atoms with van der Waals surface area (Å²) < 4.78 is 10.4. The van der Waals surface area contributed by atoms with Gasteiger partial charge in [-0.15, -0.1) is 0 Å². The summed E-state index contributed by atoms with van der Waals surface area (Å²) >= 11 is 0. The normalized spacial score (nSPS) is 16.8. The highest BCUT2D eigenvalue weighted by molar-refractivity contribution is 5.75. The fourth-order valence-corrected chi connectivity index (χ4v) is 1.86. The minimum absolute atomic E-state index is 0.145. The summed E-state index contributed by atoms with van der Waals surface area (Å²) in [5.41, 5.74) is -0.541. The number of carbonyl (C=O) groups excluding carboxylic acids is 1. The van der Waals surface area contributed by atoms with Gasteiger partial charge in [0.25, 0.3) is 0 Å². The van der Waals surface area contributed by atoms with Gasteiger partial charge in [-0.25, -0.2) is 9.59 Å². The van der Waals surface area contributed by atoms with E-state index in [9.17, 15) is 9.59 Å². The Balaban J connectivity index is 2.11. The molecule has 0 aromatic heterocycles. The van der Waals surface area contributed by atoms with Crippen molar-refractivity contribution in [3.8, 4) is 0 Å². The molecule has 0 bridgehead atoms. The second kappa shape index (κ2) is 7.30. The highest BCUT2D eigenvalue weighted by Gasteiger charge is 2.42. The molecule has 0 aromatic rings. The predicted molar refractivity (Wildman–Crippen MR) is 68.1 cm³/mol. The van der Waals surface area contributed by atoms with Crippen LogP contribution in [0.2, 0.25) is 0 Å². The SMILES string of the molecule is CCOCCCNC(=O)N1CC(C)(OCC(=O)O)C1. The lowest BCUT2D eigenvalue weighted by molar-refractivity contribution is -0.159. The molecule has 0 atom stereocenters. The van der Waals surface area contributed by atoms with Crippen LogP contribution in [0.1, 0.15) is 20.3 Å². The number of aliphatic carboxylic acids is 1. The third-order valence-corrected chi connectivity index (χ3v) is 2.83. The molecule has 1 saturated heterocycles. The van der Waals surface area contributed by atoms with E-state index in [1.54, 1.807) is 11.8 Å². The summed E-state index contributed by atoms with van der Waals surface area (Å²) in [6.45, 7) is 6.11. The molecule has 0 aliphatic carbocycles. The molecule has 7 nitrogen and oxygen atoms in total. The van der Waals surface area contributed by atoms with E-state index in [-0.39, 0.29) is 12.6 Å². The van der Waals surface area contributed by atoms with Crippen LogP contribution < -0.4 is 5.32 Å². The van der Waals surface area contributed by atoms with E-state index in [0.717, 1.165) is 6.42 Å². The number of urea groups is 1. The van der Waals surface area contributed by atoms with Gasteiger partial charge in [-0.05, 0) is 20.3 Å². The highest BCUT2D eigenvalue weighted by atomic mass is 16.5. The summed E-state index contributed by atoms with van der Waals surface area (Å²) in [6.07, 6.45) is 0.778. The molecule has 1 heterocycles. The van der Waals surface area contributed by atoms with Gasteiger partial charge < -0.3 is 24.8 Å². The van der Waals surface area contributed by atoms with E-state index < -0.39 is 11.6 Å². The summed E-state index contributed by atoms with van der Waals surface area (Å²) in [5.74, 6) is -1.000. The van der Waals surface area contributed by atoms with Crippen LogP contribution in [0.4, 0.5) is 4.79 Å². The van der Waals surface area contributed by atoms with E-state index in [4.69, 9.17) is 14.6 Å². The third kappa shape index (κ3) is 5.44. The molecule has 1 fully saturated rings. The first kappa shape index (κ1) is 15.7. The number of carboxylic acid groups (broad SMARTS) is 1. The van der Waals surface area contributed by atoms with Gasteiger partial charge in [-0.3, -0.25) is 0 Å². The van der Waals surface area contributed by atoms with Crippen LogP contribution in [0.15, 0.2) is 0 Å². The average Bonchev–Trinajstić information content (AvgIpc) is 2.32. The van der Waals surface area contributed by atoms with E-state index in [1.165, 1.54) is 0 Å². The van der Waals surface area contributed by atoms with Crippen molar-refractivity contribution in [1.29, 1.82) is 0 Å². The minimum Gasteiger partial charge on any atom is -0.480 e. The molecular weight excluding hydrogens is 252 g/mol. The van der Waals surface area contributed by atoms with Crippen molar-refractivity contribution in [2.75, 3.05) is 39.5 Å². The van der Waals surface area contributed by atoms with Crippen molar-refractivity contribution in [2.24, 2.45) is 0 Å². The minimum atomic E-state index is -1.000. The van der Waals surface area contributed by atoms with Gasteiger partial charge in [-0.1, -0.05) is 0 Å². The number of likely N-dealkylation sites (tertiary alicyclic amines) is 1. The molecule has 1 rings (SSSR count). The molecule has 19 heavy (non-hydrogen) atoms. The zero-order valence-corrected chi connectivity index (χ0v) is 11.5. The lowest BCUT2D eigenvalue weighted by atomic mass is 9.97. The average molecular weight is 274 g/mol. The number of rotatable bonds is 8. The smallest absolute Gasteiger partial charge is 0.329 e. The summed E-state index contributed by atoms with van der Waals surface area (Å²) in [4.78, 5) is 23.7. The zero-order chi connectivity index (χ0) is 14.3. The van der Waals surface area contributed by atoms with E-state index in [1.807, 2.05) is 6.92 Å². The van der Waals surface area contributed by atoms with E-state index in [0.29, 0.717) is 32.8 Å². The number of ether oxygens (including phenoxy) is 2. The topological polar surface area (TPSA) is 88.1 Å². The number of hydrogen-bond acceptors (Lipinski definition) is 4. The van der Waals surface area contributed by atoms with Crippen LogP contribution in [-0.2, 0) is 14.3 Å². The van der Waals surface area contributed by atoms with Gasteiger partial charge in [0.1, 0.15) is 12.2 Å². The zero-order valence-electron chi connectivity index (χ0n) is 11.5. The number of carboxylic acids is 1. The summed E-state index contributed by atoms with van der Waals surface area (Å²) in [6, 6.07) is -0.145. The third-order valence-electron chi connectivity index (χ3n) is 2.83. The molecule has 2 N–H and O–H groups in total. The van der Waals surface area contributed by atoms with Gasteiger partial charge in [-0.2, -0.15) is 0 Å². The van der Waals surface area contributed by atoms with Crippen LogP contribution >= 0.6 is 0 Å². The molecule has 7 heteroatoms.